The van der Waals surface area contributed by atoms with Crippen molar-refractivity contribution >= 4 is 0 Å². The lowest BCUT2D eigenvalue weighted by molar-refractivity contribution is 0.265. The molecule has 0 unspecified atom stereocenters. The molecule has 5 heteroatoms. The maximum atomic E-state index is 11.4. The molecule has 0 saturated carbocycles. The summed E-state index contributed by atoms with van der Waals surface area (Å²) < 4.78 is 1.75. The first-order valence-electron chi connectivity index (χ1n) is 5.96. The number of aliphatic hydroxyl groups excluding tert-OH is 1. The van der Waals surface area contributed by atoms with E-state index >= 15 is 0 Å². The molecule has 1 fully saturated rings. The maximum absolute atomic E-state index is 11.4. The fourth-order valence-corrected chi connectivity index (χ4v) is 2.22. The summed E-state index contributed by atoms with van der Waals surface area (Å²) in [5.41, 5.74) is 0.497. The van der Waals surface area contributed by atoms with Gasteiger partial charge in [-0.05, 0) is 25.9 Å². The molecule has 2 heterocycles. The van der Waals surface area contributed by atoms with Crippen LogP contribution >= 0.6 is 0 Å². The third-order valence-corrected chi connectivity index (χ3v) is 3.12. The third-order valence-electron chi connectivity index (χ3n) is 3.12. The Labute approximate surface area is 99.9 Å². The number of hydrogen-bond acceptors (Lipinski definition) is 4. The molecule has 2 N–H and O–H groups in total. The van der Waals surface area contributed by atoms with Crippen LogP contribution in [0.2, 0.25) is 0 Å². The number of aliphatic hydroxyl groups is 1. The molecule has 0 aliphatic carbocycles. The first-order valence-corrected chi connectivity index (χ1v) is 5.96. The van der Waals surface area contributed by atoms with E-state index < -0.39 is 0 Å². The van der Waals surface area contributed by atoms with Crippen molar-refractivity contribution in [3.05, 3.63) is 28.2 Å². The highest BCUT2D eigenvalue weighted by Gasteiger charge is 2.14. The molecule has 0 bridgehead atoms. The van der Waals surface area contributed by atoms with Crippen molar-refractivity contribution in [1.82, 2.24) is 9.47 Å². The largest absolute Gasteiger partial charge is 0.503 e. The lowest BCUT2D eigenvalue weighted by atomic mass is 10.3. The van der Waals surface area contributed by atoms with Crippen LogP contribution in [0.1, 0.15) is 18.5 Å². The van der Waals surface area contributed by atoms with Crippen LogP contribution in [0.3, 0.4) is 0 Å². The van der Waals surface area contributed by atoms with Gasteiger partial charge in [-0.2, -0.15) is 0 Å². The second-order valence-corrected chi connectivity index (χ2v) is 4.41. The van der Waals surface area contributed by atoms with Gasteiger partial charge in [0.05, 0.1) is 12.8 Å². The number of pyridine rings is 1. The number of hydrogen-bond donors (Lipinski definition) is 2. The second-order valence-electron chi connectivity index (χ2n) is 4.41. The van der Waals surface area contributed by atoms with Gasteiger partial charge >= 0.3 is 0 Å². The molecule has 0 spiro atoms. The van der Waals surface area contributed by atoms with Gasteiger partial charge in [-0.3, -0.25) is 9.69 Å². The van der Waals surface area contributed by atoms with Crippen molar-refractivity contribution < 1.29 is 10.2 Å². The van der Waals surface area contributed by atoms with Crippen LogP contribution in [0, 0.1) is 0 Å². The van der Waals surface area contributed by atoms with Crippen molar-refractivity contribution in [2.75, 3.05) is 19.7 Å². The average molecular weight is 238 g/mol. The highest BCUT2D eigenvalue weighted by atomic mass is 16.3. The minimum absolute atomic E-state index is 0.00465. The first-order chi connectivity index (χ1) is 8.20. The van der Waals surface area contributed by atoms with Gasteiger partial charge in [0, 0.05) is 24.8 Å². The lowest BCUT2D eigenvalue weighted by Gasteiger charge is -2.18. The Morgan fingerprint density at radius 2 is 2.00 bits per heavy atom. The van der Waals surface area contributed by atoms with Gasteiger partial charge in [-0.15, -0.1) is 0 Å². The molecule has 94 valence electrons. The fourth-order valence-electron chi connectivity index (χ4n) is 2.22. The zero-order valence-electron chi connectivity index (χ0n) is 9.80. The Morgan fingerprint density at radius 3 is 2.65 bits per heavy atom. The Hall–Kier alpha value is -1.33. The number of aromatic nitrogens is 1. The Morgan fingerprint density at radius 1 is 1.29 bits per heavy atom. The van der Waals surface area contributed by atoms with E-state index in [2.05, 4.69) is 4.90 Å². The highest BCUT2D eigenvalue weighted by Crippen LogP contribution is 2.13. The average Bonchev–Trinajstić information content (AvgIpc) is 2.78. The molecule has 1 aliphatic rings. The van der Waals surface area contributed by atoms with E-state index in [1.165, 1.54) is 25.1 Å². The van der Waals surface area contributed by atoms with Gasteiger partial charge in [0.25, 0.3) is 0 Å². The van der Waals surface area contributed by atoms with Crippen LogP contribution in [0.4, 0.5) is 0 Å². The number of nitrogens with zero attached hydrogens (tertiary/aromatic N) is 2. The van der Waals surface area contributed by atoms with Crippen LogP contribution in [-0.2, 0) is 13.1 Å². The molecule has 1 saturated heterocycles. The summed E-state index contributed by atoms with van der Waals surface area (Å²) in [5, 5.41) is 18.4. The molecule has 2 rings (SSSR count). The third kappa shape index (κ3) is 2.87. The lowest BCUT2D eigenvalue weighted by Crippen LogP contribution is -2.23. The van der Waals surface area contributed by atoms with Crippen LogP contribution in [-0.4, -0.2) is 39.4 Å². The first kappa shape index (κ1) is 12.1. The molecular formula is C12H18N2O3. The zero-order valence-corrected chi connectivity index (χ0v) is 9.80. The zero-order chi connectivity index (χ0) is 12.3. The number of aromatic hydroxyl groups is 1. The highest BCUT2D eigenvalue weighted by molar-refractivity contribution is 5.20. The van der Waals surface area contributed by atoms with Gasteiger partial charge in [-0.1, -0.05) is 0 Å². The molecule has 0 radical (unpaired) electrons. The fraction of sp³-hybridized carbons (Fsp3) is 0.583. The van der Waals surface area contributed by atoms with Crippen LogP contribution in [0.5, 0.6) is 5.75 Å². The van der Waals surface area contributed by atoms with Crippen LogP contribution in [0.15, 0.2) is 17.1 Å². The van der Waals surface area contributed by atoms with Crippen LogP contribution in [0.25, 0.3) is 0 Å². The molecule has 5 nitrogen and oxygen atoms in total. The normalized spacial score (nSPS) is 16.5. The summed E-state index contributed by atoms with van der Waals surface area (Å²) in [6, 6.07) is 1.46. The van der Waals surface area contributed by atoms with Crippen LogP contribution < -0.4 is 5.43 Å². The van der Waals surface area contributed by atoms with E-state index in [0.29, 0.717) is 13.1 Å². The molecule has 1 aliphatic heterocycles. The summed E-state index contributed by atoms with van der Waals surface area (Å²) in [6.07, 6.45) is 3.80. The van der Waals surface area contributed by atoms with Gasteiger partial charge in [-0.25, -0.2) is 0 Å². The Kier molecular flexibility index (Phi) is 3.81. The molecular weight excluding hydrogens is 220 g/mol. The van der Waals surface area contributed by atoms with E-state index in [4.69, 9.17) is 5.11 Å². The summed E-state index contributed by atoms with van der Waals surface area (Å²) in [6.45, 7) is 3.20. The molecule has 0 amide bonds. The predicted octanol–water partition coefficient (Wildman–Crippen LogP) is 0.142. The van der Waals surface area contributed by atoms with Crippen molar-refractivity contribution in [3.8, 4) is 5.75 Å². The number of likely N-dealkylation sites (tertiary alicyclic amines) is 1. The van der Waals surface area contributed by atoms with E-state index in [1.54, 1.807) is 4.57 Å². The van der Waals surface area contributed by atoms with Crippen molar-refractivity contribution in [2.24, 2.45) is 0 Å². The van der Waals surface area contributed by atoms with Gasteiger partial charge in [0.2, 0.25) is 5.43 Å². The predicted molar refractivity (Wildman–Crippen MR) is 64.0 cm³/mol. The van der Waals surface area contributed by atoms with Crippen molar-refractivity contribution in [3.63, 3.8) is 0 Å². The van der Waals surface area contributed by atoms with E-state index in [0.717, 1.165) is 18.8 Å². The van der Waals surface area contributed by atoms with E-state index in [9.17, 15) is 9.90 Å². The van der Waals surface area contributed by atoms with Gasteiger partial charge in [0.15, 0.2) is 5.75 Å². The summed E-state index contributed by atoms with van der Waals surface area (Å²) >= 11 is 0. The van der Waals surface area contributed by atoms with E-state index in [1.807, 2.05) is 0 Å². The minimum atomic E-state index is -0.353. The van der Waals surface area contributed by atoms with Gasteiger partial charge in [0.1, 0.15) is 0 Å². The number of rotatable bonds is 4. The SMILES string of the molecule is O=c1cc(CN2CCCC2)n(CCO)cc1O. The quantitative estimate of drug-likeness (QED) is 0.783. The Balaban J connectivity index is 2.23. The summed E-state index contributed by atoms with van der Waals surface area (Å²) in [7, 11) is 0. The summed E-state index contributed by atoms with van der Waals surface area (Å²) in [4.78, 5) is 13.7. The van der Waals surface area contributed by atoms with E-state index in [-0.39, 0.29) is 17.8 Å². The second kappa shape index (κ2) is 5.33. The van der Waals surface area contributed by atoms with Crippen molar-refractivity contribution in [1.29, 1.82) is 0 Å². The molecule has 0 atom stereocenters. The summed E-state index contributed by atoms with van der Waals surface area (Å²) in [5.74, 6) is -0.261. The monoisotopic (exact) mass is 238 g/mol. The van der Waals surface area contributed by atoms with Gasteiger partial charge < -0.3 is 14.8 Å². The molecule has 17 heavy (non-hydrogen) atoms. The Bertz CT molecular complexity index is 436. The van der Waals surface area contributed by atoms with Crippen molar-refractivity contribution in [2.45, 2.75) is 25.9 Å². The maximum Gasteiger partial charge on any atom is 0.223 e. The molecule has 0 aromatic carbocycles. The smallest absolute Gasteiger partial charge is 0.223 e. The minimum Gasteiger partial charge on any atom is -0.503 e. The topological polar surface area (TPSA) is 65.7 Å². The standard InChI is InChI=1S/C12H18N2O3/c15-6-5-14-9-12(17)11(16)7-10(14)8-13-3-1-2-4-13/h7,9,15,17H,1-6,8H2. The molecule has 1 aromatic rings. The molecule has 1 aromatic heterocycles.